The lowest BCUT2D eigenvalue weighted by atomic mass is 10.2. The predicted molar refractivity (Wildman–Crippen MR) is 122 cm³/mol. The Hall–Kier alpha value is -3.85. The highest BCUT2D eigenvalue weighted by molar-refractivity contribution is 7.92. The van der Waals surface area contributed by atoms with Crippen molar-refractivity contribution in [3.63, 3.8) is 0 Å². The average Bonchev–Trinajstić information content (AvgIpc) is 3.21. The van der Waals surface area contributed by atoms with Gasteiger partial charge in [-0.2, -0.15) is 0 Å². The summed E-state index contributed by atoms with van der Waals surface area (Å²) < 4.78 is 39.8. The summed E-state index contributed by atoms with van der Waals surface area (Å²) >= 11 is 0. The number of sulfonamides is 1. The second-order valence-electron chi connectivity index (χ2n) is 7.48. The summed E-state index contributed by atoms with van der Waals surface area (Å²) in [5, 5.41) is 3.16. The maximum Gasteiger partial charge on any atom is 0.263 e. The van der Waals surface area contributed by atoms with Crippen LogP contribution in [0.3, 0.4) is 0 Å². The third kappa shape index (κ3) is 3.78. The van der Waals surface area contributed by atoms with Crippen LogP contribution in [-0.4, -0.2) is 25.2 Å². The number of rotatable bonds is 5. The lowest BCUT2D eigenvalue weighted by Gasteiger charge is -2.15. The van der Waals surface area contributed by atoms with Crippen molar-refractivity contribution in [2.24, 2.45) is 0 Å². The maximum atomic E-state index is 13.2. The number of ether oxygens (including phenoxy) is 2. The van der Waals surface area contributed by atoms with E-state index in [0.29, 0.717) is 33.8 Å². The Morgan fingerprint density at radius 2 is 1.56 bits per heavy atom. The fourth-order valence-corrected chi connectivity index (χ4v) is 4.79. The van der Waals surface area contributed by atoms with Crippen molar-refractivity contribution in [3.8, 4) is 11.5 Å². The van der Waals surface area contributed by atoms with E-state index >= 15 is 0 Å². The van der Waals surface area contributed by atoms with E-state index in [1.165, 1.54) is 0 Å². The average molecular weight is 449 g/mol. The van der Waals surface area contributed by atoms with Gasteiger partial charge < -0.3 is 14.8 Å². The highest BCUT2D eigenvalue weighted by Gasteiger charge is 2.21. The van der Waals surface area contributed by atoms with Crippen molar-refractivity contribution >= 4 is 38.4 Å². The molecule has 0 radical (unpaired) electrons. The molecule has 1 aliphatic rings. The van der Waals surface area contributed by atoms with Crippen LogP contribution in [0.4, 0.5) is 17.3 Å². The fourth-order valence-electron chi connectivity index (χ4n) is 3.55. The molecule has 3 aromatic carbocycles. The van der Waals surface area contributed by atoms with Gasteiger partial charge in [-0.05, 0) is 49.7 Å². The van der Waals surface area contributed by atoms with Crippen molar-refractivity contribution in [1.82, 2.24) is 9.97 Å². The normalized spacial score (nSPS) is 12.7. The fraction of sp³-hybridized carbons (Fsp3) is 0.130. The Morgan fingerprint density at radius 3 is 2.31 bits per heavy atom. The van der Waals surface area contributed by atoms with Crippen LogP contribution >= 0.6 is 0 Å². The number of nitrogens with zero attached hydrogens (tertiary/aromatic N) is 2. The third-order valence-corrected chi connectivity index (χ3v) is 6.56. The van der Waals surface area contributed by atoms with Crippen LogP contribution in [0, 0.1) is 13.8 Å². The molecule has 162 valence electrons. The molecule has 0 atom stereocenters. The number of para-hydroxylation sites is 2. The molecule has 2 N–H and O–H groups in total. The molecule has 0 amide bonds. The van der Waals surface area contributed by atoms with Gasteiger partial charge in [-0.1, -0.05) is 29.8 Å². The summed E-state index contributed by atoms with van der Waals surface area (Å²) in [7, 11) is -3.89. The van der Waals surface area contributed by atoms with E-state index in [1.54, 1.807) is 43.3 Å². The van der Waals surface area contributed by atoms with E-state index in [0.717, 1.165) is 5.56 Å². The number of fused-ring (bicyclic) bond motifs is 2. The second-order valence-corrected chi connectivity index (χ2v) is 9.13. The van der Waals surface area contributed by atoms with Gasteiger partial charge in [-0.3, -0.25) is 4.72 Å². The van der Waals surface area contributed by atoms with Gasteiger partial charge >= 0.3 is 0 Å². The highest BCUT2D eigenvalue weighted by atomic mass is 32.2. The molecule has 0 fully saturated rings. The molecule has 5 rings (SSSR count). The number of hydrogen-bond donors (Lipinski definition) is 2. The molecule has 8 nitrogen and oxygen atoms in total. The summed E-state index contributed by atoms with van der Waals surface area (Å²) in [6.45, 7) is 3.84. The van der Waals surface area contributed by atoms with Crippen LogP contribution in [-0.2, 0) is 10.0 Å². The van der Waals surface area contributed by atoms with Gasteiger partial charge in [-0.25, -0.2) is 18.4 Å². The van der Waals surface area contributed by atoms with E-state index in [9.17, 15) is 8.42 Å². The van der Waals surface area contributed by atoms with Crippen molar-refractivity contribution < 1.29 is 17.9 Å². The zero-order chi connectivity index (χ0) is 22.3. The predicted octanol–water partition coefficient (Wildman–Crippen LogP) is 4.52. The van der Waals surface area contributed by atoms with Gasteiger partial charge in [0.05, 0.1) is 15.9 Å². The largest absolute Gasteiger partial charge is 0.454 e. The van der Waals surface area contributed by atoms with Crippen molar-refractivity contribution in [2.75, 3.05) is 16.8 Å². The first-order valence-electron chi connectivity index (χ1n) is 9.93. The van der Waals surface area contributed by atoms with E-state index in [-0.39, 0.29) is 23.3 Å². The van der Waals surface area contributed by atoms with Crippen LogP contribution < -0.4 is 19.5 Å². The molecule has 4 aromatic rings. The smallest absolute Gasteiger partial charge is 0.263 e. The Labute approximate surface area is 185 Å². The van der Waals surface area contributed by atoms with Crippen molar-refractivity contribution in [3.05, 3.63) is 71.8 Å². The molecule has 0 spiro atoms. The molecule has 0 bridgehead atoms. The molecule has 1 aromatic heterocycles. The monoisotopic (exact) mass is 448 g/mol. The van der Waals surface area contributed by atoms with Gasteiger partial charge in [0.2, 0.25) is 6.79 Å². The van der Waals surface area contributed by atoms with Crippen LogP contribution in [0.1, 0.15) is 11.1 Å². The highest BCUT2D eigenvalue weighted by Crippen LogP contribution is 2.36. The lowest BCUT2D eigenvalue weighted by Crippen LogP contribution is -2.17. The number of anilines is 3. The van der Waals surface area contributed by atoms with E-state index in [2.05, 4.69) is 20.0 Å². The minimum absolute atomic E-state index is 0.0985. The summed E-state index contributed by atoms with van der Waals surface area (Å²) in [5.74, 6) is 1.62. The Kier molecular flexibility index (Phi) is 4.82. The maximum absolute atomic E-state index is 13.2. The van der Waals surface area contributed by atoms with Crippen LogP contribution in [0.2, 0.25) is 0 Å². The first-order valence-corrected chi connectivity index (χ1v) is 11.4. The molecular weight excluding hydrogens is 428 g/mol. The number of benzene rings is 3. The Bertz CT molecular complexity index is 1450. The molecule has 9 heteroatoms. The lowest BCUT2D eigenvalue weighted by molar-refractivity contribution is 0.174. The van der Waals surface area contributed by atoms with Crippen LogP contribution in [0.25, 0.3) is 11.0 Å². The number of nitrogens with one attached hydrogen (secondary N) is 2. The molecule has 32 heavy (non-hydrogen) atoms. The third-order valence-electron chi connectivity index (χ3n) is 5.06. The van der Waals surface area contributed by atoms with Gasteiger partial charge in [0.1, 0.15) is 0 Å². The quantitative estimate of drug-likeness (QED) is 0.463. The van der Waals surface area contributed by atoms with Crippen LogP contribution in [0.5, 0.6) is 11.5 Å². The number of aromatic nitrogens is 2. The van der Waals surface area contributed by atoms with E-state index in [1.807, 2.05) is 31.2 Å². The zero-order valence-electron chi connectivity index (χ0n) is 17.4. The molecular formula is C23H20N4O4S. The summed E-state index contributed by atoms with van der Waals surface area (Å²) in [4.78, 5) is 9.32. The SMILES string of the molecule is Cc1ccc(S(=O)(=O)Nc2nc3ccccc3nc2Nc2ccc3c(c2)OCO3)c(C)c1. The first-order chi connectivity index (χ1) is 15.4. The topological polar surface area (TPSA) is 102 Å². The summed E-state index contributed by atoms with van der Waals surface area (Å²) in [5.41, 5.74) is 3.49. The van der Waals surface area contributed by atoms with E-state index < -0.39 is 10.0 Å². The standard InChI is InChI=1S/C23H20N4O4S/c1-14-7-10-21(15(2)11-14)32(28,29)27-23-22(25-17-5-3-4-6-18(17)26-23)24-16-8-9-19-20(12-16)31-13-30-19/h3-12H,13H2,1-2H3,(H,24,25)(H,26,27). The van der Waals surface area contributed by atoms with Crippen molar-refractivity contribution in [1.29, 1.82) is 0 Å². The first kappa shape index (κ1) is 20.1. The molecule has 0 unspecified atom stereocenters. The molecule has 1 aliphatic heterocycles. The van der Waals surface area contributed by atoms with Gasteiger partial charge in [0.25, 0.3) is 10.0 Å². The zero-order valence-corrected chi connectivity index (χ0v) is 18.2. The molecule has 2 heterocycles. The minimum Gasteiger partial charge on any atom is -0.454 e. The van der Waals surface area contributed by atoms with Gasteiger partial charge in [0, 0.05) is 11.8 Å². The second kappa shape index (κ2) is 7.69. The summed E-state index contributed by atoms with van der Waals surface area (Å²) in [6, 6.07) is 17.8. The van der Waals surface area contributed by atoms with Crippen LogP contribution in [0.15, 0.2) is 65.6 Å². The number of aryl methyl sites for hydroxylation is 2. The molecule has 0 saturated carbocycles. The van der Waals surface area contributed by atoms with Crippen molar-refractivity contribution in [2.45, 2.75) is 18.7 Å². The summed E-state index contributed by atoms with van der Waals surface area (Å²) in [6.07, 6.45) is 0. The Balaban J connectivity index is 1.57. The molecule has 0 aliphatic carbocycles. The minimum atomic E-state index is -3.89. The van der Waals surface area contributed by atoms with Gasteiger partial charge in [-0.15, -0.1) is 0 Å². The number of hydrogen-bond acceptors (Lipinski definition) is 7. The van der Waals surface area contributed by atoms with E-state index in [4.69, 9.17) is 9.47 Å². The van der Waals surface area contributed by atoms with Gasteiger partial charge in [0.15, 0.2) is 23.1 Å². The molecule has 0 saturated heterocycles. The Morgan fingerprint density at radius 1 is 0.844 bits per heavy atom.